The minimum absolute atomic E-state index is 0.190. The smallest absolute Gasteiger partial charge is 0.146 e. The number of rotatable bonds is 4. The Balaban J connectivity index is 2.70. The van der Waals surface area contributed by atoms with Crippen molar-refractivity contribution in [2.45, 2.75) is 32.7 Å². The third kappa shape index (κ3) is 2.35. The summed E-state index contributed by atoms with van der Waals surface area (Å²) in [4.78, 5) is 8.40. The van der Waals surface area contributed by atoms with Crippen molar-refractivity contribution in [1.82, 2.24) is 14.5 Å². The molecule has 0 amide bonds. The van der Waals surface area contributed by atoms with E-state index in [1.165, 1.54) is 12.0 Å². The molecule has 0 aliphatic heterocycles. The highest BCUT2D eigenvalue weighted by atomic mass is 127. The molecule has 2 aromatic heterocycles. The Hall–Kier alpha value is -0.400. The molecule has 0 aromatic carbocycles. The van der Waals surface area contributed by atoms with Gasteiger partial charge < -0.3 is 9.67 Å². The van der Waals surface area contributed by atoms with Gasteiger partial charge in [-0.2, -0.15) is 0 Å². The van der Waals surface area contributed by atoms with E-state index in [1.54, 1.807) is 0 Å². The molecule has 0 saturated heterocycles. The summed E-state index contributed by atoms with van der Waals surface area (Å²) in [5, 5.41) is 10.4. The molecule has 0 atom stereocenters. The Morgan fingerprint density at radius 2 is 2.17 bits per heavy atom. The van der Waals surface area contributed by atoms with Crippen LogP contribution in [0.1, 0.15) is 32.0 Å². The Morgan fingerprint density at radius 3 is 2.78 bits per heavy atom. The maximum atomic E-state index is 9.01. The van der Waals surface area contributed by atoms with E-state index in [0.29, 0.717) is 11.2 Å². The standard InChI is InChI=1S/C12H15ClIN3O/c1-7(2)17-8(4-3-5-18)10(14)9-11(13)15-6-16-12(9)17/h6-7,18H,3-5H2,1-2H3. The van der Waals surface area contributed by atoms with Crippen molar-refractivity contribution in [2.24, 2.45) is 0 Å². The number of fused-ring (bicyclic) bond motifs is 1. The predicted molar refractivity (Wildman–Crippen MR) is 81.0 cm³/mol. The van der Waals surface area contributed by atoms with Gasteiger partial charge in [0.2, 0.25) is 0 Å². The highest BCUT2D eigenvalue weighted by molar-refractivity contribution is 14.1. The zero-order valence-electron chi connectivity index (χ0n) is 10.3. The van der Waals surface area contributed by atoms with Gasteiger partial charge in [0.15, 0.2) is 0 Å². The molecule has 0 saturated carbocycles. The first-order valence-corrected chi connectivity index (χ1v) is 7.33. The van der Waals surface area contributed by atoms with E-state index < -0.39 is 0 Å². The number of aliphatic hydroxyl groups excluding tert-OH is 1. The monoisotopic (exact) mass is 379 g/mol. The lowest BCUT2D eigenvalue weighted by Gasteiger charge is -2.13. The average Bonchev–Trinajstić information content (AvgIpc) is 2.61. The van der Waals surface area contributed by atoms with Crippen LogP contribution in [0.15, 0.2) is 6.33 Å². The fourth-order valence-corrected chi connectivity index (χ4v) is 3.55. The Kier molecular flexibility index (Phi) is 4.45. The number of hydrogen-bond donors (Lipinski definition) is 1. The fourth-order valence-electron chi connectivity index (χ4n) is 2.14. The summed E-state index contributed by atoms with van der Waals surface area (Å²) in [6.45, 7) is 4.43. The molecule has 0 radical (unpaired) electrons. The predicted octanol–water partition coefficient (Wildman–Crippen LogP) is 3.20. The van der Waals surface area contributed by atoms with Crippen molar-refractivity contribution in [2.75, 3.05) is 6.61 Å². The quantitative estimate of drug-likeness (QED) is 0.656. The van der Waals surface area contributed by atoms with E-state index in [0.717, 1.165) is 27.4 Å². The van der Waals surface area contributed by atoms with Crippen LogP contribution in [0.25, 0.3) is 11.0 Å². The van der Waals surface area contributed by atoms with E-state index in [1.807, 2.05) is 0 Å². The van der Waals surface area contributed by atoms with Gasteiger partial charge in [-0.1, -0.05) is 11.6 Å². The molecule has 4 nitrogen and oxygen atoms in total. The van der Waals surface area contributed by atoms with E-state index >= 15 is 0 Å². The first-order chi connectivity index (χ1) is 8.57. The van der Waals surface area contributed by atoms with Gasteiger partial charge in [-0.05, 0) is 49.3 Å². The molecule has 2 heterocycles. The van der Waals surface area contributed by atoms with Crippen molar-refractivity contribution in [3.05, 3.63) is 20.7 Å². The molecule has 2 aromatic rings. The van der Waals surface area contributed by atoms with Gasteiger partial charge in [0.05, 0.1) is 5.39 Å². The second-order valence-electron chi connectivity index (χ2n) is 4.41. The molecule has 18 heavy (non-hydrogen) atoms. The zero-order valence-corrected chi connectivity index (χ0v) is 13.2. The van der Waals surface area contributed by atoms with Crippen LogP contribution in [0, 0.1) is 3.57 Å². The third-order valence-corrected chi connectivity index (χ3v) is 4.31. The molecular formula is C12H15ClIN3O. The normalized spacial score (nSPS) is 11.7. The van der Waals surface area contributed by atoms with Gasteiger partial charge in [-0.25, -0.2) is 9.97 Å². The summed E-state index contributed by atoms with van der Waals surface area (Å²) < 4.78 is 3.27. The second-order valence-corrected chi connectivity index (χ2v) is 5.85. The van der Waals surface area contributed by atoms with Crippen molar-refractivity contribution in [3.8, 4) is 0 Å². The molecule has 0 aliphatic carbocycles. The highest BCUT2D eigenvalue weighted by Gasteiger charge is 2.20. The average molecular weight is 380 g/mol. The van der Waals surface area contributed by atoms with E-state index in [-0.39, 0.29) is 6.61 Å². The number of halogens is 2. The minimum Gasteiger partial charge on any atom is -0.396 e. The lowest BCUT2D eigenvalue weighted by atomic mass is 10.2. The van der Waals surface area contributed by atoms with Gasteiger partial charge in [-0.3, -0.25) is 0 Å². The van der Waals surface area contributed by atoms with Crippen LogP contribution in [0.2, 0.25) is 5.15 Å². The first-order valence-electron chi connectivity index (χ1n) is 5.87. The third-order valence-electron chi connectivity index (χ3n) is 2.86. The SMILES string of the molecule is CC(C)n1c(CCCO)c(I)c2c(Cl)ncnc21. The topological polar surface area (TPSA) is 50.9 Å². The van der Waals surface area contributed by atoms with E-state index in [2.05, 4.69) is 51.0 Å². The maximum Gasteiger partial charge on any atom is 0.146 e. The zero-order chi connectivity index (χ0) is 13.3. The van der Waals surface area contributed by atoms with E-state index in [9.17, 15) is 0 Å². The van der Waals surface area contributed by atoms with Crippen LogP contribution in [-0.4, -0.2) is 26.2 Å². The molecule has 0 bridgehead atoms. The summed E-state index contributed by atoms with van der Waals surface area (Å²) in [6.07, 6.45) is 3.05. The van der Waals surface area contributed by atoms with Crippen LogP contribution >= 0.6 is 34.2 Å². The Morgan fingerprint density at radius 1 is 1.44 bits per heavy atom. The van der Waals surface area contributed by atoms with Crippen LogP contribution < -0.4 is 0 Å². The summed E-state index contributed by atoms with van der Waals surface area (Å²) in [7, 11) is 0. The van der Waals surface area contributed by atoms with Crippen molar-refractivity contribution < 1.29 is 5.11 Å². The van der Waals surface area contributed by atoms with Crippen LogP contribution in [0.4, 0.5) is 0 Å². The van der Waals surface area contributed by atoms with Crippen LogP contribution in [0.3, 0.4) is 0 Å². The Labute approximate surface area is 125 Å². The van der Waals surface area contributed by atoms with Crippen LogP contribution in [0.5, 0.6) is 0 Å². The van der Waals surface area contributed by atoms with Gasteiger partial charge in [0, 0.05) is 21.9 Å². The van der Waals surface area contributed by atoms with Crippen molar-refractivity contribution >= 4 is 45.2 Å². The summed E-state index contributed by atoms with van der Waals surface area (Å²) in [6, 6.07) is 0.302. The van der Waals surface area contributed by atoms with Crippen molar-refractivity contribution in [1.29, 1.82) is 0 Å². The number of hydrogen-bond acceptors (Lipinski definition) is 3. The van der Waals surface area contributed by atoms with Gasteiger partial charge in [0.25, 0.3) is 0 Å². The lowest BCUT2D eigenvalue weighted by molar-refractivity contribution is 0.287. The molecule has 1 N–H and O–H groups in total. The molecule has 0 unspecified atom stereocenters. The van der Waals surface area contributed by atoms with Crippen LogP contribution in [-0.2, 0) is 6.42 Å². The number of aromatic nitrogens is 3. The second kappa shape index (κ2) is 5.71. The van der Waals surface area contributed by atoms with Gasteiger partial charge >= 0.3 is 0 Å². The Bertz CT molecular complexity index is 568. The number of aliphatic hydroxyl groups is 1. The largest absolute Gasteiger partial charge is 0.396 e. The highest BCUT2D eigenvalue weighted by Crippen LogP contribution is 2.33. The summed E-state index contributed by atoms with van der Waals surface area (Å²) >= 11 is 8.46. The molecule has 0 aliphatic rings. The lowest BCUT2D eigenvalue weighted by Crippen LogP contribution is -2.07. The maximum absolute atomic E-state index is 9.01. The molecular weight excluding hydrogens is 365 g/mol. The molecule has 0 fully saturated rings. The van der Waals surface area contributed by atoms with E-state index in [4.69, 9.17) is 16.7 Å². The molecule has 6 heteroatoms. The fraction of sp³-hybridized carbons (Fsp3) is 0.500. The van der Waals surface area contributed by atoms with Gasteiger partial charge in [-0.15, -0.1) is 0 Å². The minimum atomic E-state index is 0.190. The van der Waals surface area contributed by atoms with Gasteiger partial charge in [0.1, 0.15) is 17.1 Å². The summed E-state index contributed by atoms with van der Waals surface area (Å²) in [5.74, 6) is 0. The first kappa shape index (κ1) is 14.0. The molecule has 2 rings (SSSR count). The number of nitrogens with zero attached hydrogens (tertiary/aromatic N) is 3. The molecule has 0 spiro atoms. The van der Waals surface area contributed by atoms with Crippen molar-refractivity contribution in [3.63, 3.8) is 0 Å². The summed E-state index contributed by atoms with van der Waals surface area (Å²) in [5.41, 5.74) is 2.05. The molecule has 98 valence electrons.